The average Bonchev–Trinajstić information content (AvgIpc) is 3.07. The first-order valence-corrected chi connectivity index (χ1v) is 13.8. The molecule has 0 aromatic carbocycles. The largest absolute Gasteiger partial charge is 0.756 e. The topological polar surface area (TPSA) is 283 Å². The van der Waals surface area contributed by atoms with E-state index in [1.807, 2.05) is 4.98 Å². The van der Waals surface area contributed by atoms with Crippen molar-refractivity contribution in [3.8, 4) is 0 Å². The van der Waals surface area contributed by atoms with Crippen LogP contribution in [0.4, 0.5) is 0 Å². The summed E-state index contributed by atoms with van der Waals surface area (Å²) < 4.78 is 48.7. The molecule has 0 aliphatic carbocycles. The molecule has 3 heterocycles. The van der Waals surface area contributed by atoms with Crippen LogP contribution in [0.15, 0.2) is 21.9 Å². The summed E-state index contributed by atoms with van der Waals surface area (Å²) in [5.74, 6) is 0. The third-order valence-corrected chi connectivity index (χ3v) is 8.31. The Kier molecular flexibility index (Phi) is 9.85. The number of likely N-dealkylation sites (N-methyl/N-ethyl adjacent to an activating group) is 1. The molecule has 1 aromatic heterocycles. The second kappa shape index (κ2) is 12.0. The van der Waals surface area contributed by atoms with Gasteiger partial charge in [-0.15, -0.1) is 0 Å². The highest BCUT2D eigenvalue weighted by Gasteiger charge is 2.48. The highest BCUT2D eigenvalue weighted by Crippen LogP contribution is 2.59. The van der Waals surface area contributed by atoms with Gasteiger partial charge in [0.25, 0.3) is 13.4 Å². The smallest absolute Gasteiger partial charge is 0.478 e. The molecule has 2 aliphatic rings. The van der Waals surface area contributed by atoms with Gasteiger partial charge in [0.2, 0.25) is 0 Å². The van der Waals surface area contributed by atoms with Gasteiger partial charge in [-0.25, -0.2) is 13.7 Å². The Balaban J connectivity index is 1.63. The van der Waals surface area contributed by atoms with Crippen molar-refractivity contribution in [2.24, 2.45) is 0 Å². The minimum Gasteiger partial charge on any atom is -0.756 e. The molecule has 7 N–H and O–H groups in total. The van der Waals surface area contributed by atoms with Gasteiger partial charge in [0.05, 0.1) is 19.3 Å². The Morgan fingerprint density at radius 2 is 1.74 bits per heavy atom. The van der Waals surface area contributed by atoms with Crippen LogP contribution in [0.25, 0.3) is 0 Å². The highest BCUT2D eigenvalue weighted by molar-refractivity contribution is 7.60. The van der Waals surface area contributed by atoms with Crippen LogP contribution in [0.5, 0.6) is 0 Å². The van der Waals surface area contributed by atoms with Crippen LogP contribution in [0.3, 0.4) is 0 Å². The van der Waals surface area contributed by atoms with Crippen LogP contribution in [0.1, 0.15) is 6.23 Å². The number of hydrogen-bond donors (Lipinski definition) is 7. The van der Waals surface area contributed by atoms with E-state index in [1.54, 1.807) is 0 Å². The molecular weight excluding hydrogens is 564 g/mol. The molecule has 11 unspecified atom stereocenters. The van der Waals surface area contributed by atoms with Crippen LogP contribution in [-0.4, -0.2) is 121 Å². The van der Waals surface area contributed by atoms with E-state index >= 15 is 0 Å². The minimum atomic E-state index is -5.78. The molecule has 11 atom stereocenters. The minimum absolute atomic E-state index is 0.733. The number of nitrogens with one attached hydrogen (secondary N) is 1. The number of H-pyrrole nitrogens is 1. The maximum atomic E-state index is 12.3. The van der Waals surface area contributed by atoms with Crippen molar-refractivity contribution in [1.82, 2.24) is 14.5 Å². The van der Waals surface area contributed by atoms with Gasteiger partial charge in [0, 0.05) is 12.3 Å². The second-order valence-corrected chi connectivity index (χ2v) is 11.6. The molecule has 218 valence electrons. The van der Waals surface area contributed by atoms with Gasteiger partial charge in [-0.2, -0.15) is 0 Å². The molecular formula is C17H28N3O16P2-. The number of aliphatic hydroxyl groups excluding tert-OH is 5. The van der Waals surface area contributed by atoms with Crippen molar-refractivity contribution in [2.75, 3.05) is 27.3 Å². The van der Waals surface area contributed by atoms with E-state index in [-0.39, 0.29) is 0 Å². The molecule has 3 rings (SSSR count). The number of aromatic nitrogens is 2. The van der Waals surface area contributed by atoms with E-state index in [9.17, 15) is 54.0 Å². The lowest BCUT2D eigenvalue weighted by Gasteiger charge is -2.45. The number of aromatic amines is 1. The summed E-state index contributed by atoms with van der Waals surface area (Å²) in [6.45, 7) is -1.81. The Bertz CT molecular complexity index is 1180. The molecule has 21 heteroatoms. The summed E-state index contributed by atoms with van der Waals surface area (Å²) in [7, 11) is -8.42. The lowest BCUT2D eigenvalue weighted by atomic mass is 9.95. The van der Waals surface area contributed by atoms with E-state index in [1.165, 1.54) is 19.0 Å². The lowest BCUT2D eigenvalue weighted by Crippen LogP contribution is -2.63. The van der Waals surface area contributed by atoms with Gasteiger partial charge in [-0.1, -0.05) is 0 Å². The zero-order chi connectivity index (χ0) is 28.6. The number of ether oxygens (including phenoxy) is 2. The summed E-state index contributed by atoms with van der Waals surface area (Å²) in [6.07, 6.45) is -12.4. The maximum absolute atomic E-state index is 12.3. The third kappa shape index (κ3) is 7.03. The molecule has 38 heavy (non-hydrogen) atoms. The zero-order valence-electron chi connectivity index (χ0n) is 19.8. The normalized spacial score (nSPS) is 37.2. The number of rotatable bonds is 10. The first-order valence-electron chi connectivity index (χ1n) is 10.9. The van der Waals surface area contributed by atoms with Gasteiger partial charge in [0.1, 0.15) is 36.6 Å². The Morgan fingerprint density at radius 3 is 2.32 bits per heavy atom. The first kappa shape index (κ1) is 31.2. The molecule has 0 saturated carbocycles. The molecule has 2 fully saturated rings. The lowest BCUT2D eigenvalue weighted by molar-refractivity contribution is -0.293. The number of hydrogen-bond acceptors (Lipinski definition) is 16. The van der Waals surface area contributed by atoms with E-state index in [2.05, 4.69) is 13.4 Å². The highest BCUT2D eigenvalue weighted by atomic mass is 31.3. The SMILES string of the molecule is CN(C)C1C(O)C(CO)OC(OP(=O)([O-])OP(=O)(O)OCC2OC(n3ccc(=O)[nH]c3=O)C(O)C2O)C1O. The summed E-state index contributed by atoms with van der Waals surface area (Å²) in [6, 6.07) is -0.231. The fraction of sp³-hybridized carbons (Fsp3) is 0.765. The van der Waals surface area contributed by atoms with E-state index in [0.29, 0.717) is 0 Å². The van der Waals surface area contributed by atoms with Gasteiger partial charge in [-0.3, -0.25) is 28.0 Å². The fourth-order valence-electron chi connectivity index (χ4n) is 3.95. The fourth-order valence-corrected chi connectivity index (χ4v) is 6.07. The average molecular weight is 592 g/mol. The molecule has 0 spiro atoms. The van der Waals surface area contributed by atoms with E-state index in [4.69, 9.17) is 9.47 Å². The molecule has 0 amide bonds. The quantitative estimate of drug-likeness (QED) is 0.125. The second-order valence-electron chi connectivity index (χ2n) is 8.62. The van der Waals surface area contributed by atoms with Crippen LogP contribution < -0.4 is 16.1 Å². The van der Waals surface area contributed by atoms with Crippen molar-refractivity contribution in [2.45, 2.75) is 55.2 Å². The molecule has 0 radical (unpaired) electrons. The molecule has 2 saturated heterocycles. The maximum Gasteiger partial charge on any atom is 0.478 e. The van der Waals surface area contributed by atoms with Crippen molar-refractivity contribution in [1.29, 1.82) is 0 Å². The van der Waals surface area contributed by atoms with Crippen LogP contribution in [0, 0.1) is 0 Å². The predicted octanol–water partition coefficient (Wildman–Crippen LogP) is -4.86. The van der Waals surface area contributed by atoms with Gasteiger partial charge < -0.3 is 49.7 Å². The summed E-state index contributed by atoms with van der Waals surface area (Å²) in [5.41, 5.74) is -1.73. The predicted molar refractivity (Wildman–Crippen MR) is 118 cm³/mol. The summed E-state index contributed by atoms with van der Waals surface area (Å²) in [4.78, 5) is 48.5. The number of phosphoric acid groups is 2. The Labute approximate surface area is 213 Å². The van der Waals surface area contributed by atoms with E-state index < -0.39 is 95.3 Å². The molecule has 19 nitrogen and oxygen atoms in total. The van der Waals surface area contributed by atoms with Crippen molar-refractivity contribution in [3.05, 3.63) is 33.1 Å². The van der Waals surface area contributed by atoms with Crippen molar-refractivity contribution < 1.29 is 67.3 Å². The van der Waals surface area contributed by atoms with E-state index in [0.717, 1.165) is 16.8 Å². The number of phosphoric ester groups is 2. The number of aliphatic hydroxyl groups is 5. The van der Waals surface area contributed by atoms with Gasteiger partial charge in [-0.05, 0) is 14.1 Å². The summed E-state index contributed by atoms with van der Waals surface area (Å²) >= 11 is 0. The van der Waals surface area contributed by atoms with Crippen molar-refractivity contribution >= 4 is 15.6 Å². The van der Waals surface area contributed by atoms with Crippen LogP contribution in [-0.2, 0) is 32.0 Å². The zero-order valence-corrected chi connectivity index (χ0v) is 21.6. The summed E-state index contributed by atoms with van der Waals surface area (Å²) in [5, 5.41) is 50.3. The molecule has 2 aliphatic heterocycles. The molecule has 1 aromatic rings. The van der Waals surface area contributed by atoms with Crippen molar-refractivity contribution in [3.63, 3.8) is 0 Å². The monoisotopic (exact) mass is 592 g/mol. The molecule has 0 bridgehead atoms. The first-order chi connectivity index (χ1) is 17.6. The Morgan fingerprint density at radius 1 is 1.08 bits per heavy atom. The third-order valence-electron chi connectivity index (χ3n) is 5.75. The van der Waals surface area contributed by atoms with Gasteiger partial charge in [0.15, 0.2) is 12.5 Å². The number of nitrogens with zero attached hydrogens (tertiary/aromatic N) is 2. The van der Waals surface area contributed by atoms with Crippen LogP contribution in [0.2, 0.25) is 0 Å². The Hall–Kier alpha value is -1.38. The van der Waals surface area contributed by atoms with Gasteiger partial charge >= 0.3 is 13.5 Å². The standard InChI is InChI=1S/C17H29N3O16P2/c1-19(2)10-11(23)7(5-21)34-16(13(10)25)35-38(30,31)36-37(28,29)32-6-8-12(24)14(26)15(33-8)20-4-3-9(22)18-17(20)27/h3-4,7-8,10-16,21,23-26H,5-6H2,1-2H3,(H,28,29)(H,30,31)(H,18,22,27)/p-1. The van der Waals surface area contributed by atoms with Crippen LogP contribution >= 0.6 is 15.6 Å².